The minimum absolute atomic E-state index is 0.0806. The van der Waals surface area contributed by atoms with Gasteiger partial charge in [0.05, 0.1) is 12.1 Å². The van der Waals surface area contributed by atoms with Gasteiger partial charge in [-0.3, -0.25) is 9.89 Å². The Bertz CT molecular complexity index is 931. The number of aromatic amines is 2. The normalized spacial score (nSPS) is 16.8. The topological polar surface area (TPSA) is 73.6 Å². The van der Waals surface area contributed by atoms with Crippen molar-refractivity contribution in [3.8, 4) is 0 Å². The van der Waals surface area contributed by atoms with Crippen molar-refractivity contribution in [2.75, 3.05) is 0 Å². The van der Waals surface area contributed by atoms with E-state index < -0.39 is 0 Å². The molecule has 1 aliphatic carbocycles. The lowest BCUT2D eigenvalue weighted by atomic mass is 9.91. The SMILES string of the molecule is Cc1ccc2[nH]c3c(c2c1)C[C@@H](NC(=O)Cc1c(C)n[nH]c1C)CC3. The highest BCUT2D eigenvalue weighted by molar-refractivity contribution is 5.86. The van der Waals surface area contributed by atoms with Crippen LogP contribution in [-0.4, -0.2) is 27.1 Å². The maximum atomic E-state index is 12.5. The maximum absolute atomic E-state index is 12.5. The summed E-state index contributed by atoms with van der Waals surface area (Å²) in [6.07, 6.45) is 3.25. The molecule has 3 N–H and O–H groups in total. The predicted octanol–water partition coefficient (Wildman–Crippen LogP) is 3.03. The van der Waals surface area contributed by atoms with Gasteiger partial charge in [0.1, 0.15) is 0 Å². The second-order valence-corrected chi connectivity index (χ2v) is 7.23. The van der Waals surface area contributed by atoms with Crippen molar-refractivity contribution in [3.05, 3.63) is 52.0 Å². The molecule has 2 heterocycles. The number of carbonyl (C=O) groups is 1. The van der Waals surface area contributed by atoms with Gasteiger partial charge in [0, 0.05) is 33.9 Å². The van der Waals surface area contributed by atoms with E-state index in [0.717, 1.165) is 36.2 Å². The van der Waals surface area contributed by atoms with Crippen LogP contribution in [0.15, 0.2) is 18.2 Å². The molecule has 0 saturated carbocycles. The Kier molecular flexibility index (Phi) is 3.86. The van der Waals surface area contributed by atoms with Gasteiger partial charge in [-0.2, -0.15) is 5.10 Å². The molecular formula is C20H24N4O. The molecule has 0 radical (unpaired) electrons. The molecule has 0 spiro atoms. The average molecular weight is 336 g/mol. The highest BCUT2D eigenvalue weighted by atomic mass is 16.1. The third-order valence-electron chi connectivity index (χ3n) is 5.33. The smallest absolute Gasteiger partial charge is 0.224 e. The Balaban J connectivity index is 1.50. The summed E-state index contributed by atoms with van der Waals surface area (Å²) in [5, 5.41) is 11.6. The average Bonchev–Trinajstić information content (AvgIpc) is 3.09. The van der Waals surface area contributed by atoms with Crippen LogP contribution in [0.3, 0.4) is 0 Å². The van der Waals surface area contributed by atoms with Gasteiger partial charge < -0.3 is 10.3 Å². The molecule has 3 aromatic rings. The maximum Gasteiger partial charge on any atom is 0.224 e. The van der Waals surface area contributed by atoms with Gasteiger partial charge in [0.2, 0.25) is 5.91 Å². The number of amides is 1. The number of nitrogens with zero attached hydrogens (tertiary/aromatic N) is 1. The summed E-state index contributed by atoms with van der Waals surface area (Å²) >= 11 is 0. The van der Waals surface area contributed by atoms with Crippen molar-refractivity contribution in [3.63, 3.8) is 0 Å². The highest BCUT2D eigenvalue weighted by Crippen LogP contribution is 2.30. The number of aryl methyl sites for hydroxylation is 4. The molecule has 0 aliphatic heterocycles. The molecular weight excluding hydrogens is 312 g/mol. The fourth-order valence-corrected chi connectivity index (χ4v) is 3.93. The monoisotopic (exact) mass is 336 g/mol. The van der Waals surface area contributed by atoms with E-state index in [9.17, 15) is 4.79 Å². The van der Waals surface area contributed by atoms with Crippen LogP contribution >= 0.6 is 0 Å². The largest absolute Gasteiger partial charge is 0.358 e. The van der Waals surface area contributed by atoms with E-state index in [1.54, 1.807) is 0 Å². The lowest BCUT2D eigenvalue weighted by Gasteiger charge is -2.23. The first kappa shape index (κ1) is 15.9. The van der Waals surface area contributed by atoms with Gasteiger partial charge in [-0.15, -0.1) is 0 Å². The lowest BCUT2D eigenvalue weighted by molar-refractivity contribution is -0.121. The van der Waals surface area contributed by atoms with Crippen molar-refractivity contribution in [2.45, 2.75) is 52.5 Å². The van der Waals surface area contributed by atoms with Crippen LogP contribution in [0.5, 0.6) is 0 Å². The van der Waals surface area contributed by atoms with Crippen LogP contribution in [0.4, 0.5) is 0 Å². The molecule has 25 heavy (non-hydrogen) atoms. The lowest BCUT2D eigenvalue weighted by Crippen LogP contribution is -2.39. The number of fused-ring (bicyclic) bond motifs is 3. The van der Waals surface area contributed by atoms with Gasteiger partial charge in [0.15, 0.2) is 0 Å². The molecule has 1 atom stereocenters. The first-order chi connectivity index (χ1) is 12.0. The first-order valence-corrected chi connectivity index (χ1v) is 8.91. The molecule has 4 rings (SSSR count). The Morgan fingerprint density at radius 1 is 1.32 bits per heavy atom. The third kappa shape index (κ3) is 2.95. The predicted molar refractivity (Wildman–Crippen MR) is 98.8 cm³/mol. The van der Waals surface area contributed by atoms with Gasteiger partial charge in [-0.05, 0) is 57.7 Å². The van der Waals surface area contributed by atoms with Crippen LogP contribution < -0.4 is 5.32 Å². The van der Waals surface area contributed by atoms with Gasteiger partial charge in [-0.25, -0.2) is 0 Å². The van der Waals surface area contributed by atoms with E-state index in [1.165, 1.54) is 27.7 Å². The van der Waals surface area contributed by atoms with Crippen LogP contribution in [0.25, 0.3) is 10.9 Å². The van der Waals surface area contributed by atoms with Gasteiger partial charge in [0.25, 0.3) is 0 Å². The second kappa shape index (κ2) is 6.06. The Hall–Kier alpha value is -2.56. The zero-order valence-electron chi connectivity index (χ0n) is 15.0. The summed E-state index contributed by atoms with van der Waals surface area (Å²) in [5.41, 5.74) is 8.06. The van der Waals surface area contributed by atoms with E-state index in [1.807, 2.05) is 13.8 Å². The van der Waals surface area contributed by atoms with Crippen LogP contribution in [0.1, 0.15) is 40.2 Å². The molecule has 1 aromatic carbocycles. The second-order valence-electron chi connectivity index (χ2n) is 7.23. The van der Waals surface area contributed by atoms with Gasteiger partial charge in [-0.1, -0.05) is 11.6 Å². The van der Waals surface area contributed by atoms with Gasteiger partial charge >= 0.3 is 0 Å². The summed E-state index contributed by atoms with van der Waals surface area (Å²) < 4.78 is 0. The number of hydrogen-bond donors (Lipinski definition) is 3. The number of aromatic nitrogens is 3. The molecule has 0 bridgehead atoms. The molecule has 5 heteroatoms. The van der Waals surface area contributed by atoms with Crippen molar-refractivity contribution in [1.82, 2.24) is 20.5 Å². The quantitative estimate of drug-likeness (QED) is 0.688. The molecule has 0 saturated heterocycles. The summed E-state index contributed by atoms with van der Waals surface area (Å²) in [7, 11) is 0. The molecule has 1 aliphatic rings. The standard InChI is InChI=1S/C20H24N4O/c1-11-4-6-18-16(8-11)17-9-14(5-7-19(17)22-18)21-20(25)10-15-12(2)23-24-13(15)3/h4,6,8,14,22H,5,7,9-10H2,1-3H3,(H,21,25)(H,23,24)/t14-/m0/s1. The number of carbonyl (C=O) groups excluding carboxylic acids is 1. The number of nitrogens with one attached hydrogen (secondary N) is 3. The van der Waals surface area contributed by atoms with E-state index in [2.05, 4.69) is 45.6 Å². The Labute approximate surface area is 147 Å². The molecule has 2 aromatic heterocycles. The molecule has 0 fully saturated rings. The molecule has 1 amide bonds. The summed E-state index contributed by atoms with van der Waals surface area (Å²) in [5.74, 6) is 0.0806. The highest BCUT2D eigenvalue weighted by Gasteiger charge is 2.24. The van der Waals surface area contributed by atoms with Crippen LogP contribution in [0, 0.1) is 20.8 Å². The van der Waals surface area contributed by atoms with E-state index in [-0.39, 0.29) is 11.9 Å². The zero-order chi connectivity index (χ0) is 17.6. The molecule has 5 nitrogen and oxygen atoms in total. The summed E-state index contributed by atoms with van der Waals surface area (Å²) in [6.45, 7) is 6.02. The third-order valence-corrected chi connectivity index (χ3v) is 5.33. The van der Waals surface area contributed by atoms with Crippen molar-refractivity contribution >= 4 is 16.8 Å². The summed E-state index contributed by atoms with van der Waals surface area (Å²) in [4.78, 5) is 16.0. The minimum Gasteiger partial charge on any atom is -0.358 e. The first-order valence-electron chi connectivity index (χ1n) is 8.91. The van der Waals surface area contributed by atoms with Crippen molar-refractivity contribution in [2.24, 2.45) is 0 Å². The number of hydrogen-bond acceptors (Lipinski definition) is 2. The van der Waals surface area contributed by atoms with E-state index >= 15 is 0 Å². The van der Waals surface area contributed by atoms with Crippen molar-refractivity contribution < 1.29 is 4.79 Å². The van der Waals surface area contributed by atoms with Crippen LogP contribution in [-0.2, 0) is 24.1 Å². The Morgan fingerprint density at radius 2 is 2.16 bits per heavy atom. The number of H-pyrrole nitrogens is 2. The minimum atomic E-state index is 0.0806. The number of benzene rings is 1. The number of rotatable bonds is 3. The Morgan fingerprint density at radius 3 is 2.92 bits per heavy atom. The van der Waals surface area contributed by atoms with E-state index in [0.29, 0.717) is 6.42 Å². The summed E-state index contributed by atoms with van der Waals surface area (Å²) in [6, 6.07) is 6.74. The zero-order valence-corrected chi connectivity index (χ0v) is 15.0. The molecule has 130 valence electrons. The van der Waals surface area contributed by atoms with Crippen LogP contribution in [0.2, 0.25) is 0 Å². The molecule has 0 unspecified atom stereocenters. The fourth-order valence-electron chi connectivity index (χ4n) is 3.93. The van der Waals surface area contributed by atoms with Crippen molar-refractivity contribution in [1.29, 1.82) is 0 Å². The van der Waals surface area contributed by atoms with E-state index in [4.69, 9.17) is 0 Å². The fraction of sp³-hybridized carbons (Fsp3) is 0.400.